The van der Waals surface area contributed by atoms with Crippen LogP contribution in [0.3, 0.4) is 0 Å². The third kappa shape index (κ3) is 3.29. The van der Waals surface area contributed by atoms with Crippen molar-refractivity contribution in [2.45, 2.75) is 31.7 Å². The Morgan fingerprint density at radius 1 is 1.36 bits per heavy atom. The molecule has 0 aromatic carbocycles. The second-order valence-electron chi connectivity index (χ2n) is 5.13. The molecule has 1 fully saturated rings. The van der Waals surface area contributed by atoms with Gasteiger partial charge in [-0.3, -0.25) is 0 Å². The van der Waals surface area contributed by atoms with Gasteiger partial charge in [-0.15, -0.1) is 12.4 Å². The third-order valence-electron chi connectivity index (χ3n) is 3.52. The lowest BCUT2D eigenvalue weighted by Gasteiger charge is -2.31. The second kappa shape index (κ2) is 6.99. The SMILES string of the molecule is COC(=O)c1c(C)oc(C)c1S(=O)(=O)N1CCNC(C)C1.Cl. The number of piperazine rings is 1. The fraction of sp³-hybridized carbons (Fsp3) is 0.615. The number of esters is 1. The molecule has 1 aliphatic rings. The quantitative estimate of drug-likeness (QED) is 0.819. The molecule has 1 aromatic rings. The predicted molar refractivity (Wildman–Crippen MR) is 83.0 cm³/mol. The highest BCUT2D eigenvalue weighted by atomic mass is 35.5. The highest BCUT2D eigenvalue weighted by molar-refractivity contribution is 7.89. The minimum atomic E-state index is -3.79. The summed E-state index contributed by atoms with van der Waals surface area (Å²) in [4.78, 5) is 11.8. The van der Waals surface area contributed by atoms with Crippen LogP contribution in [0.25, 0.3) is 0 Å². The summed E-state index contributed by atoms with van der Waals surface area (Å²) in [6, 6.07) is 0.0587. The number of halogens is 1. The monoisotopic (exact) mass is 352 g/mol. The van der Waals surface area contributed by atoms with Crippen molar-refractivity contribution in [3.8, 4) is 0 Å². The van der Waals surface area contributed by atoms with Crippen molar-refractivity contribution in [3.63, 3.8) is 0 Å². The predicted octanol–water partition coefficient (Wildman–Crippen LogP) is 1.09. The molecule has 22 heavy (non-hydrogen) atoms. The maximum Gasteiger partial charge on any atom is 0.342 e. The molecule has 7 nitrogen and oxygen atoms in total. The summed E-state index contributed by atoms with van der Waals surface area (Å²) in [5, 5.41) is 3.18. The molecule has 0 spiro atoms. The smallest absolute Gasteiger partial charge is 0.342 e. The van der Waals surface area contributed by atoms with Crippen molar-refractivity contribution in [1.29, 1.82) is 0 Å². The fourth-order valence-corrected chi connectivity index (χ4v) is 4.46. The molecule has 0 aliphatic carbocycles. The first kappa shape index (κ1) is 19.0. The van der Waals surface area contributed by atoms with Crippen LogP contribution < -0.4 is 5.32 Å². The van der Waals surface area contributed by atoms with Gasteiger partial charge in [-0.05, 0) is 20.8 Å². The Labute approximate surface area is 136 Å². The fourth-order valence-electron chi connectivity index (χ4n) is 2.56. The molecule has 0 bridgehead atoms. The molecule has 1 aromatic heterocycles. The molecule has 126 valence electrons. The van der Waals surface area contributed by atoms with E-state index in [-0.39, 0.29) is 40.4 Å². The molecule has 0 radical (unpaired) electrons. The van der Waals surface area contributed by atoms with Gasteiger partial charge in [-0.25, -0.2) is 13.2 Å². The Morgan fingerprint density at radius 3 is 2.55 bits per heavy atom. The number of nitrogens with zero attached hydrogens (tertiary/aromatic N) is 1. The molecule has 1 atom stereocenters. The van der Waals surface area contributed by atoms with E-state index in [4.69, 9.17) is 4.42 Å². The molecule has 1 saturated heterocycles. The van der Waals surface area contributed by atoms with Crippen molar-refractivity contribution < 1.29 is 22.4 Å². The molecule has 2 rings (SSSR count). The summed E-state index contributed by atoms with van der Waals surface area (Å²) in [6.45, 7) is 6.29. The Kier molecular flexibility index (Phi) is 6.03. The van der Waals surface area contributed by atoms with Crippen LogP contribution in [0.5, 0.6) is 0 Å². The third-order valence-corrected chi connectivity index (χ3v) is 5.54. The first-order chi connectivity index (χ1) is 9.78. The lowest BCUT2D eigenvalue weighted by atomic mass is 10.2. The van der Waals surface area contributed by atoms with Crippen LogP contribution in [0.1, 0.15) is 28.8 Å². The van der Waals surface area contributed by atoms with Crippen molar-refractivity contribution in [1.82, 2.24) is 9.62 Å². The zero-order chi connectivity index (χ0) is 15.8. The van der Waals surface area contributed by atoms with Crippen molar-refractivity contribution >= 4 is 28.4 Å². The van der Waals surface area contributed by atoms with Gasteiger partial charge in [-0.2, -0.15) is 4.31 Å². The zero-order valence-corrected chi connectivity index (χ0v) is 14.6. The molecule has 0 amide bonds. The number of ether oxygens (including phenoxy) is 1. The second-order valence-corrected chi connectivity index (χ2v) is 7.00. The number of nitrogens with one attached hydrogen (secondary N) is 1. The number of methoxy groups -OCH3 is 1. The number of sulfonamides is 1. The largest absolute Gasteiger partial charge is 0.465 e. The highest BCUT2D eigenvalue weighted by Crippen LogP contribution is 2.30. The molecular formula is C13H21ClN2O5S. The van der Waals surface area contributed by atoms with Crippen LogP contribution in [0.4, 0.5) is 0 Å². The topological polar surface area (TPSA) is 88.8 Å². The van der Waals surface area contributed by atoms with E-state index in [0.717, 1.165) is 0 Å². The summed E-state index contributed by atoms with van der Waals surface area (Å²) in [7, 11) is -2.58. The van der Waals surface area contributed by atoms with Crippen LogP contribution in [-0.2, 0) is 14.8 Å². The average molecular weight is 353 g/mol. The number of hydrogen-bond acceptors (Lipinski definition) is 6. The van der Waals surface area contributed by atoms with Crippen LogP contribution in [0.15, 0.2) is 9.31 Å². The maximum absolute atomic E-state index is 12.8. The van der Waals surface area contributed by atoms with Gasteiger partial charge in [0.1, 0.15) is 22.0 Å². The van der Waals surface area contributed by atoms with Crippen LogP contribution >= 0.6 is 12.4 Å². The highest BCUT2D eigenvalue weighted by Gasteiger charge is 2.37. The number of carbonyl (C=O) groups is 1. The summed E-state index contributed by atoms with van der Waals surface area (Å²) in [5.41, 5.74) is -0.0128. The van der Waals surface area contributed by atoms with E-state index in [2.05, 4.69) is 10.1 Å². The van der Waals surface area contributed by atoms with Gasteiger partial charge < -0.3 is 14.5 Å². The summed E-state index contributed by atoms with van der Waals surface area (Å²) >= 11 is 0. The minimum absolute atomic E-state index is 0. The van der Waals surface area contributed by atoms with Crippen LogP contribution in [0, 0.1) is 13.8 Å². The number of rotatable bonds is 3. The summed E-state index contributed by atoms with van der Waals surface area (Å²) < 4.78 is 37.1. The van der Waals surface area contributed by atoms with Gasteiger partial charge in [0.25, 0.3) is 0 Å². The van der Waals surface area contributed by atoms with Crippen LogP contribution in [-0.4, -0.2) is 51.5 Å². The van der Waals surface area contributed by atoms with E-state index in [1.54, 1.807) is 6.92 Å². The van der Waals surface area contributed by atoms with E-state index in [1.165, 1.54) is 18.3 Å². The molecule has 1 unspecified atom stereocenters. The van der Waals surface area contributed by atoms with E-state index < -0.39 is 16.0 Å². The molecule has 1 N–H and O–H groups in total. The van der Waals surface area contributed by atoms with E-state index in [1.807, 2.05) is 6.92 Å². The minimum Gasteiger partial charge on any atom is -0.465 e. The van der Waals surface area contributed by atoms with Gasteiger partial charge in [-0.1, -0.05) is 0 Å². The van der Waals surface area contributed by atoms with Gasteiger partial charge in [0.15, 0.2) is 0 Å². The molecule has 1 aliphatic heterocycles. The molecular weight excluding hydrogens is 332 g/mol. The Hall–Kier alpha value is -1.09. The normalized spacial score (nSPS) is 19.5. The Balaban J connectivity index is 0.00000242. The van der Waals surface area contributed by atoms with E-state index in [0.29, 0.717) is 19.6 Å². The number of furan rings is 1. The van der Waals surface area contributed by atoms with Crippen molar-refractivity contribution in [2.24, 2.45) is 0 Å². The van der Waals surface area contributed by atoms with Gasteiger partial charge in [0.2, 0.25) is 10.0 Å². The van der Waals surface area contributed by atoms with Gasteiger partial charge in [0, 0.05) is 25.7 Å². The lowest BCUT2D eigenvalue weighted by molar-refractivity contribution is 0.0594. The summed E-state index contributed by atoms with van der Waals surface area (Å²) in [6.07, 6.45) is 0. The first-order valence-electron chi connectivity index (χ1n) is 6.71. The van der Waals surface area contributed by atoms with Crippen molar-refractivity contribution in [2.75, 3.05) is 26.7 Å². The number of hydrogen-bond donors (Lipinski definition) is 1. The average Bonchev–Trinajstić information content (AvgIpc) is 2.73. The van der Waals surface area contributed by atoms with Crippen LogP contribution in [0.2, 0.25) is 0 Å². The van der Waals surface area contributed by atoms with Gasteiger partial charge in [0.05, 0.1) is 7.11 Å². The zero-order valence-electron chi connectivity index (χ0n) is 13.0. The summed E-state index contributed by atoms with van der Waals surface area (Å²) in [5.74, 6) is -0.244. The molecule has 9 heteroatoms. The van der Waals surface area contributed by atoms with Gasteiger partial charge >= 0.3 is 5.97 Å². The Bertz CT molecular complexity index is 656. The van der Waals surface area contributed by atoms with E-state index in [9.17, 15) is 13.2 Å². The number of carbonyl (C=O) groups excluding carboxylic acids is 1. The Morgan fingerprint density at radius 2 is 2.00 bits per heavy atom. The first-order valence-corrected chi connectivity index (χ1v) is 8.15. The molecule has 0 saturated carbocycles. The standard InChI is InChI=1S/C13H20N2O5S.ClH/c1-8-7-15(6-5-14-8)21(17,18)12-10(3)20-9(2)11(12)13(16)19-4;/h8,14H,5-7H2,1-4H3;1H. The lowest BCUT2D eigenvalue weighted by Crippen LogP contribution is -2.51. The number of aryl methyl sites for hydroxylation is 2. The van der Waals surface area contributed by atoms with Crippen molar-refractivity contribution in [3.05, 3.63) is 17.1 Å². The molecule has 2 heterocycles. The van der Waals surface area contributed by atoms with E-state index >= 15 is 0 Å². The maximum atomic E-state index is 12.8.